The molecule has 0 amide bonds. The summed E-state index contributed by atoms with van der Waals surface area (Å²) < 4.78 is 12.8. The monoisotopic (exact) mass is 413 g/mol. The van der Waals surface area contributed by atoms with E-state index in [4.69, 9.17) is 10.1 Å². The molecule has 9 heteroatoms. The number of carboxylic acid groups (broad SMARTS) is 1. The Kier molecular flexibility index (Phi) is 5.66. The van der Waals surface area contributed by atoms with E-state index < -0.39 is 12.6 Å². The van der Waals surface area contributed by atoms with Crippen LogP contribution in [0.1, 0.15) is 18.5 Å². The Morgan fingerprint density at radius 2 is 2.10 bits per heavy atom. The molecule has 7 nitrogen and oxygen atoms in total. The fourth-order valence-electron chi connectivity index (χ4n) is 3.28. The number of hydrogen-bond donors (Lipinski definition) is 2. The summed E-state index contributed by atoms with van der Waals surface area (Å²) in [5.74, 6) is -0.626. The maximum absolute atomic E-state index is 12.8. The molecule has 3 heterocycles. The van der Waals surface area contributed by atoms with Gasteiger partial charge in [-0.25, -0.2) is 19.3 Å². The summed E-state index contributed by atoms with van der Waals surface area (Å²) in [7, 11) is 0. The lowest BCUT2D eigenvalue weighted by Gasteiger charge is -2.29. The smallest absolute Gasteiger partial charge is 0.306 e. The fourth-order valence-corrected chi connectivity index (χ4v) is 4.16. The van der Waals surface area contributed by atoms with Crippen molar-refractivity contribution < 1.29 is 14.3 Å². The van der Waals surface area contributed by atoms with Crippen molar-refractivity contribution >= 4 is 34.1 Å². The molecule has 0 unspecified atom stereocenters. The highest BCUT2D eigenvalue weighted by Crippen LogP contribution is 2.31. The largest absolute Gasteiger partial charge is 0.481 e. The molecule has 1 fully saturated rings. The maximum Gasteiger partial charge on any atom is 0.306 e. The van der Waals surface area contributed by atoms with E-state index in [1.807, 2.05) is 29.6 Å². The molecule has 1 saturated heterocycles. The Hall–Kier alpha value is -3.07. The van der Waals surface area contributed by atoms with Crippen LogP contribution >= 0.6 is 11.3 Å². The quantitative estimate of drug-likeness (QED) is 0.628. The summed E-state index contributed by atoms with van der Waals surface area (Å²) in [6.07, 6.45) is 2.80. The van der Waals surface area contributed by atoms with Crippen LogP contribution in [0.3, 0.4) is 0 Å². The van der Waals surface area contributed by atoms with Gasteiger partial charge >= 0.3 is 5.97 Å². The van der Waals surface area contributed by atoms with Gasteiger partial charge in [0.2, 0.25) is 5.95 Å². The maximum atomic E-state index is 12.8. The summed E-state index contributed by atoms with van der Waals surface area (Å²) in [5.41, 5.74) is 2.91. The van der Waals surface area contributed by atoms with Crippen LogP contribution in [-0.2, 0) is 11.5 Å². The normalized spacial score (nSPS) is 14.7. The Bertz CT molecular complexity index is 1000. The number of aromatic nitrogens is 3. The van der Waals surface area contributed by atoms with Gasteiger partial charge in [-0.15, -0.1) is 11.3 Å². The van der Waals surface area contributed by atoms with Crippen LogP contribution in [0, 0.1) is 5.92 Å². The number of carboxylic acids is 1. The number of halogens is 1. The van der Waals surface area contributed by atoms with Crippen molar-refractivity contribution in [2.45, 2.75) is 19.5 Å². The first-order valence-corrected chi connectivity index (χ1v) is 10.2. The number of thiazole rings is 1. The number of benzene rings is 1. The van der Waals surface area contributed by atoms with Crippen molar-refractivity contribution in [3.05, 3.63) is 47.6 Å². The van der Waals surface area contributed by atoms with Crippen LogP contribution in [0.2, 0.25) is 0 Å². The van der Waals surface area contributed by atoms with Gasteiger partial charge in [0.05, 0.1) is 17.3 Å². The third-order valence-corrected chi connectivity index (χ3v) is 5.77. The molecule has 4 rings (SSSR count). The van der Waals surface area contributed by atoms with Crippen molar-refractivity contribution in [2.24, 2.45) is 5.92 Å². The molecule has 2 aromatic heterocycles. The van der Waals surface area contributed by atoms with Gasteiger partial charge in [-0.05, 0) is 31.0 Å². The lowest BCUT2D eigenvalue weighted by atomic mass is 9.97. The molecule has 0 spiro atoms. The number of nitrogens with one attached hydrogen (secondary N) is 1. The van der Waals surface area contributed by atoms with Gasteiger partial charge in [-0.3, -0.25) is 4.79 Å². The molecule has 2 N–H and O–H groups in total. The minimum absolute atomic E-state index is 0.258. The average Bonchev–Trinajstić information content (AvgIpc) is 3.24. The zero-order valence-electron chi connectivity index (χ0n) is 15.6. The van der Waals surface area contributed by atoms with E-state index in [1.54, 1.807) is 11.3 Å². The molecule has 150 valence electrons. The van der Waals surface area contributed by atoms with Crippen molar-refractivity contribution in [2.75, 3.05) is 23.3 Å². The first-order valence-electron chi connectivity index (χ1n) is 9.31. The van der Waals surface area contributed by atoms with Crippen molar-refractivity contribution in [3.63, 3.8) is 0 Å². The number of carbonyl (C=O) groups is 1. The van der Waals surface area contributed by atoms with E-state index in [0.29, 0.717) is 37.6 Å². The summed E-state index contributed by atoms with van der Waals surface area (Å²) in [5, 5.41) is 15.1. The number of nitrogens with zero attached hydrogens (tertiary/aromatic N) is 4. The highest BCUT2D eigenvalue weighted by molar-refractivity contribution is 7.14. The van der Waals surface area contributed by atoms with Crippen molar-refractivity contribution in [1.82, 2.24) is 15.0 Å². The number of aliphatic carboxylic acids is 1. The molecule has 0 saturated carbocycles. The van der Waals surface area contributed by atoms with Crippen LogP contribution in [0.4, 0.5) is 21.2 Å². The summed E-state index contributed by atoms with van der Waals surface area (Å²) >= 11 is 1.56. The Labute approximate surface area is 171 Å². The minimum atomic E-state index is -0.713. The minimum Gasteiger partial charge on any atom is -0.481 e. The molecule has 1 aliphatic heterocycles. The third kappa shape index (κ3) is 4.51. The van der Waals surface area contributed by atoms with Crippen LogP contribution in [0.15, 0.2) is 41.9 Å². The number of rotatable bonds is 6. The van der Waals surface area contributed by atoms with Crippen molar-refractivity contribution in [3.8, 4) is 11.3 Å². The topological polar surface area (TPSA) is 91.2 Å². The molecular formula is C20H20FN5O2S. The molecule has 0 atom stereocenters. The second-order valence-electron chi connectivity index (χ2n) is 6.83. The molecule has 0 radical (unpaired) electrons. The molecule has 1 aromatic carbocycles. The standard InChI is InChI=1S/C20H20FN5O2S/c21-11-16-4-7-22-19(24-16)23-15-3-1-2-14(10-15)17-12-29-20(25-17)26-8-5-13(6-9-26)18(27)28/h1-4,7,10,12-13H,5-6,8-9,11H2,(H,27,28)(H,22,23,24). The SMILES string of the molecule is O=C(O)C1CCN(c2nc(-c3cccc(Nc4nccc(CF)n4)c3)cs2)CC1. The summed E-state index contributed by atoms with van der Waals surface area (Å²) in [4.78, 5) is 26.2. The highest BCUT2D eigenvalue weighted by atomic mass is 32.1. The van der Waals surface area contributed by atoms with Gasteiger partial charge in [0, 0.05) is 35.9 Å². The molecule has 0 aliphatic carbocycles. The van der Waals surface area contributed by atoms with Crippen LogP contribution < -0.4 is 10.2 Å². The fraction of sp³-hybridized carbons (Fsp3) is 0.300. The highest BCUT2D eigenvalue weighted by Gasteiger charge is 2.25. The van der Waals surface area contributed by atoms with Gasteiger partial charge in [0.1, 0.15) is 6.67 Å². The van der Waals surface area contributed by atoms with Gasteiger partial charge in [-0.2, -0.15) is 0 Å². The molecule has 1 aliphatic rings. The lowest BCUT2D eigenvalue weighted by molar-refractivity contribution is -0.142. The van der Waals surface area contributed by atoms with Gasteiger partial charge in [-0.1, -0.05) is 12.1 Å². The van der Waals surface area contributed by atoms with Gasteiger partial charge in [0.25, 0.3) is 0 Å². The van der Waals surface area contributed by atoms with Crippen LogP contribution in [0.25, 0.3) is 11.3 Å². The van der Waals surface area contributed by atoms with Crippen LogP contribution in [-0.4, -0.2) is 39.1 Å². The van der Waals surface area contributed by atoms with E-state index in [1.165, 1.54) is 12.3 Å². The first kappa shape index (κ1) is 19.3. The van der Waals surface area contributed by atoms with Crippen LogP contribution in [0.5, 0.6) is 0 Å². The van der Waals surface area contributed by atoms with E-state index in [0.717, 1.165) is 22.1 Å². The number of alkyl halides is 1. The summed E-state index contributed by atoms with van der Waals surface area (Å²) in [6.45, 7) is 0.768. The van der Waals surface area contributed by atoms with Crippen molar-refractivity contribution in [1.29, 1.82) is 0 Å². The number of piperidine rings is 1. The Morgan fingerprint density at radius 1 is 1.28 bits per heavy atom. The zero-order chi connectivity index (χ0) is 20.2. The number of hydrogen-bond acceptors (Lipinski definition) is 7. The molecular weight excluding hydrogens is 393 g/mol. The predicted molar refractivity (Wildman–Crippen MR) is 110 cm³/mol. The van der Waals surface area contributed by atoms with E-state index in [2.05, 4.69) is 20.2 Å². The third-order valence-electron chi connectivity index (χ3n) is 4.87. The van der Waals surface area contributed by atoms with E-state index in [9.17, 15) is 9.18 Å². The van der Waals surface area contributed by atoms with E-state index >= 15 is 0 Å². The lowest BCUT2D eigenvalue weighted by Crippen LogP contribution is -2.36. The molecule has 3 aromatic rings. The number of anilines is 3. The summed E-state index contributed by atoms with van der Waals surface area (Å²) in [6, 6.07) is 9.26. The first-order chi connectivity index (χ1) is 14.1. The van der Waals surface area contributed by atoms with E-state index in [-0.39, 0.29) is 5.92 Å². The zero-order valence-corrected chi connectivity index (χ0v) is 16.4. The van der Waals surface area contributed by atoms with Gasteiger partial charge in [0.15, 0.2) is 5.13 Å². The Balaban J connectivity index is 1.47. The molecule has 0 bridgehead atoms. The second-order valence-corrected chi connectivity index (χ2v) is 7.66. The van der Waals surface area contributed by atoms with Gasteiger partial charge < -0.3 is 15.3 Å². The average molecular weight is 413 g/mol. The second kappa shape index (κ2) is 8.52. The predicted octanol–water partition coefficient (Wildman–Crippen LogP) is 4.11. The molecule has 29 heavy (non-hydrogen) atoms. The Morgan fingerprint density at radius 3 is 2.86 bits per heavy atom.